The molecule has 344 valence electrons. The van der Waals surface area contributed by atoms with Gasteiger partial charge in [-0.1, -0.05) is 157 Å². The monoisotopic (exact) mass is 869 g/mol. The van der Waals surface area contributed by atoms with Crippen molar-refractivity contribution in [3.63, 3.8) is 0 Å². The highest BCUT2D eigenvalue weighted by molar-refractivity contribution is 7.47. The fourth-order valence-electron chi connectivity index (χ4n) is 6.31. The Morgan fingerprint density at radius 1 is 0.533 bits per heavy atom. The van der Waals surface area contributed by atoms with Crippen LogP contribution in [-0.2, 0) is 32.7 Å². The minimum Gasteiger partial charge on any atom is -0.462 e. The maximum absolute atomic E-state index is 12.8. The molecule has 0 aliphatic heterocycles. The lowest BCUT2D eigenvalue weighted by Crippen LogP contribution is -2.64. The van der Waals surface area contributed by atoms with Crippen molar-refractivity contribution in [2.75, 3.05) is 13.2 Å². The Morgan fingerprint density at radius 2 is 0.983 bits per heavy atom. The number of unbranched alkanes of at least 4 members (excludes halogenated alkanes) is 15. The first-order valence-electron chi connectivity index (χ1n) is 22.3. The molecule has 7 unspecified atom stereocenters. The zero-order valence-corrected chi connectivity index (χ0v) is 37.1. The van der Waals surface area contributed by atoms with E-state index in [0.29, 0.717) is 19.3 Å². The van der Waals surface area contributed by atoms with E-state index >= 15 is 0 Å². The van der Waals surface area contributed by atoms with Crippen LogP contribution in [0.25, 0.3) is 0 Å². The van der Waals surface area contributed by atoms with Gasteiger partial charge >= 0.3 is 19.8 Å². The number of esters is 2. The van der Waals surface area contributed by atoms with E-state index in [1.165, 1.54) is 57.8 Å². The summed E-state index contributed by atoms with van der Waals surface area (Å²) in [6.45, 7) is 3.07. The number of ether oxygens (including phenoxy) is 2. The molecule has 1 saturated carbocycles. The molecule has 6 N–H and O–H groups in total. The first-order chi connectivity index (χ1) is 28.9. The summed E-state index contributed by atoms with van der Waals surface area (Å²) in [4.78, 5) is 35.6. The Hall–Kier alpha value is -2.71. The molecule has 0 spiro atoms. The fourth-order valence-corrected chi connectivity index (χ4v) is 7.28. The third-order valence-electron chi connectivity index (χ3n) is 9.91. The van der Waals surface area contributed by atoms with Crippen LogP contribution >= 0.6 is 7.82 Å². The lowest BCUT2D eigenvalue weighted by Gasteiger charge is -2.41. The summed E-state index contributed by atoms with van der Waals surface area (Å²) >= 11 is 0. The number of allylic oxidation sites excluding steroid dienone is 12. The molecule has 0 amide bonds. The largest absolute Gasteiger partial charge is 0.472 e. The molecule has 0 bridgehead atoms. The van der Waals surface area contributed by atoms with Crippen molar-refractivity contribution >= 4 is 19.8 Å². The maximum atomic E-state index is 12.8. The molecule has 60 heavy (non-hydrogen) atoms. The average Bonchev–Trinajstić information content (AvgIpc) is 3.23. The van der Waals surface area contributed by atoms with Gasteiger partial charge in [0.15, 0.2) is 6.10 Å². The number of hydrogen-bond donors (Lipinski definition) is 6. The molecular formula is C46H77O13P. The van der Waals surface area contributed by atoms with Gasteiger partial charge in [-0.25, -0.2) is 4.57 Å². The van der Waals surface area contributed by atoms with Crippen molar-refractivity contribution in [1.82, 2.24) is 0 Å². The topological polar surface area (TPSA) is 210 Å². The fraction of sp³-hybridized carbons (Fsp3) is 0.696. The van der Waals surface area contributed by atoms with Crippen LogP contribution < -0.4 is 0 Å². The van der Waals surface area contributed by atoms with Gasteiger partial charge < -0.3 is 39.9 Å². The van der Waals surface area contributed by atoms with Gasteiger partial charge in [-0.05, 0) is 51.4 Å². The summed E-state index contributed by atoms with van der Waals surface area (Å²) < 4.78 is 33.4. The van der Waals surface area contributed by atoms with E-state index in [4.69, 9.17) is 18.5 Å². The first-order valence-corrected chi connectivity index (χ1v) is 23.8. The zero-order chi connectivity index (χ0) is 44.3. The van der Waals surface area contributed by atoms with E-state index in [1.54, 1.807) is 0 Å². The standard InChI is InChI=1S/C46H77O13P/c1-3-5-7-9-11-13-15-17-18-19-20-21-23-24-26-28-30-32-34-39(47)56-36-38(37-57-60(54,55)59-46-44(52)42(50)41(49)43(51)45(46)53)58-40(48)35-33-31-29-27-25-22-16-14-12-10-8-6-4-2/h6,8,10,12,14,16,20-22,25,27,29,38,41-46,49-53H,3-5,7,9,11,13,15,17-19,23-24,26,28,30-37H2,1-2H3,(H,54,55)/b8-6+,12-10+,16-14+,21-20+,25-22+,29-27+/t38?,41?,42-,43?,44?,45?,46?/m0/s1. The number of carbonyl (C=O) groups excluding carboxylic acids is 2. The van der Waals surface area contributed by atoms with Gasteiger partial charge in [0, 0.05) is 12.8 Å². The molecule has 0 heterocycles. The number of phosphoric acid groups is 1. The number of carbonyl (C=O) groups is 2. The Kier molecular flexibility index (Phi) is 33.0. The Bertz CT molecular complexity index is 1330. The van der Waals surface area contributed by atoms with Gasteiger partial charge in [0.05, 0.1) is 6.61 Å². The van der Waals surface area contributed by atoms with E-state index in [-0.39, 0.29) is 12.8 Å². The van der Waals surface area contributed by atoms with Crippen molar-refractivity contribution in [3.05, 3.63) is 72.9 Å². The van der Waals surface area contributed by atoms with E-state index in [9.17, 15) is 44.6 Å². The van der Waals surface area contributed by atoms with E-state index in [0.717, 1.165) is 44.9 Å². The highest BCUT2D eigenvalue weighted by Crippen LogP contribution is 2.47. The van der Waals surface area contributed by atoms with Crippen molar-refractivity contribution in [3.8, 4) is 0 Å². The van der Waals surface area contributed by atoms with E-state index < -0.39 is 75.7 Å². The molecule has 1 fully saturated rings. The predicted octanol–water partition coefficient (Wildman–Crippen LogP) is 8.33. The number of aliphatic hydroxyl groups is 5. The minimum absolute atomic E-state index is 0.00454. The first kappa shape index (κ1) is 55.3. The lowest BCUT2D eigenvalue weighted by atomic mass is 9.85. The van der Waals surface area contributed by atoms with E-state index in [2.05, 4.69) is 32.1 Å². The molecule has 14 heteroatoms. The minimum atomic E-state index is -5.14. The summed E-state index contributed by atoms with van der Waals surface area (Å²) in [7, 11) is -5.14. The highest BCUT2D eigenvalue weighted by atomic mass is 31.2. The number of hydrogen-bond acceptors (Lipinski definition) is 12. The van der Waals surface area contributed by atoms with Gasteiger partial charge in [0.2, 0.25) is 0 Å². The second-order valence-electron chi connectivity index (χ2n) is 15.3. The number of rotatable bonds is 35. The van der Waals surface area contributed by atoms with Crippen LogP contribution in [0.2, 0.25) is 0 Å². The van der Waals surface area contributed by atoms with Crippen molar-refractivity contribution < 1.29 is 63.1 Å². The normalized spacial score (nSPS) is 22.9. The third-order valence-corrected chi connectivity index (χ3v) is 10.9. The predicted molar refractivity (Wildman–Crippen MR) is 235 cm³/mol. The average molecular weight is 869 g/mol. The number of phosphoric ester groups is 1. The van der Waals surface area contributed by atoms with Gasteiger partial charge in [-0.15, -0.1) is 0 Å². The van der Waals surface area contributed by atoms with Crippen LogP contribution in [0.5, 0.6) is 0 Å². The zero-order valence-electron chi connectivity index (χ0n) is 36.2. The van der Waals surface area contributed by atoms with Gasteiger partial charge in [0.25, 0.3) is 0 Å². The summed E-state index contributed by atoms with van der Waals surface area (Å²) in [6, 6.07) is 0. The van der Waals surface area contributed by atoms with Gasteiger partial charge in [0.1, 0.15) is 43.2 Å². The van der Waals surface area contributed by atoms with Crippen LogP contribution in [0.15, 0.2) is 72.9 Å². The molecule has 8 atom stereocenters. The molecule has 0 saturated heterocycles. The Balaban J connectivity index is 2.51. The van der Waals surface area contributed by atoms with E-state index in [1.807, 2.05) is 54.7 Å². The highest BCUT2D eigenvalue weighted by Gasteiger charge is 2.51. The smallest absolute Gasteiger partial charge is 0.462 e. The Labute approximate surface area is 359 Å². The second-order valence-corrected chi connectivity index (χ2v) is 16.7. The van der Waals surface area contributed by atoms with Crippen LogP contribution in [0.3, 0.4) is 0 Å². The van der Waals surface area contributed by atoms with Crippen molar-refractivity contribution in [1.29, 1.82) is 0 Å². The third kappa shape index (κ3) is 28.0. The maximum Gasteiger partial charge on any atom is 0.472 e. The molecule has 13 nitrogen and oxygen atoms in total. The molecule has 0 aromatic carbocycles. The lowest BCUT2D eigenvalue weighted by molar-refractivity contribution is -0.220. The van der Waals surface area contributed by atoms with Crippen LogP contribution in [0.4, 0.5) is 0 Å². The van der Waals surface area contributed by atoms with Crippen LogP contribution in [-0.4, -0.2) is 98.3 Å². The van der Waals surface area contributed by atoms with Crippen molar-refractivity contribution in [2.45, 2.75) is 191 Å². The Morgan fingerprint density at radius 3 is 1.53 bits per heavy atom. The molecule has 0 radical (unpaired) electrons. The molecule has 0 aromatic rings. The molecule has 0 aromatic heterocycles. The molecule has 1 rings (SSSR count). The summed E-state index contributed by atoms with van der Waals surface area (Å²) in [5, 5.41) is 50.1. The molecular weight excluding hydrogens is 791 g/mol. The van der Waals surface area contributed by atoms with Gasteiger partial charge in [-0.3, -0.25) is 18.6 Å². The summed E-state index contributed by atoms with van der Waals surface area (Å²) in [6.07, 6.45) is 31.2. The van der Waals surface area contributed by atoms with Crippen LogP contribution in [0.1, 0.15) is 149 Å². The molecule has 1 aliphatic carbocycles. The number of aliphatic hydroxyl groups excluding tert-OH is 5. The quantitative estimate of drug-likeness (QED) is 0.0117. The second kappa shape index (κ2) is 35.8. The van der Waals surface area contributed by atoms with Crippen LogP contribution in [0, 0.1) is 0 Å². The van der Waals surface area contributed by atoms with Gasteiger partial charge in [-0.2, -0.15) is 0 Å². The SMILES string of the molecule is CC/C=C/C=C/C=C/C=C/C=C/CCCC(=O)OC(COC(=O)CCCCCCC/C=C/CCCCCCCCCCC)COP(=O)(O)OC1C(O)C(O)C(O)[C@H](O)C1O. The summed E-state index contributed by atoms with van der Waals surface area (Å²) in [5.74, 6) is -1.20. The van der Waals surface area contributed by atoms with Crippen molar-refractivity contribution in [2.24, 2.45) is 0 Å². The molecule has 1 aliphatic rings. The summed E-state index contributed by atoms with van der Waals surface area (Å²) in [5.41, 5.74) is 0.